The number of nitrogens with one attached hydrogen (secondary N) is 4. The molecule has 174 valence electrons. The highest BCUT2D eigenvalue weighted by molar-refractivity contribution is 5.94. The zero-order valence-corrected chi connectivity index (χ0v) is 17.5. The van der Waals surface area contributed by atoms with Crippen LogP contribution in [0.25, 0.3) is 21.8 Å². The van der Waals surface area contributed by atoms with E-state index in [1.54, 1.807) is 0 Å². The van der Waals surface area contributed by atoms with E-state index < -0.39 is 23.5 Å². The van der Waals surface area contributed by atoms with Gasteiger partial charge in [0.2, 0.25) is 0 Å². The van der Waals surface area contributed by atoms with Crippen LogP contribution < -0.4 is 10.6 Å². The van der Waals surface area contributed by atoms with Crippen molar-refractivity contribution in [2.45, 2.75) is 12.4 Å². The van der Waals surface area contributed by atoms with Crippen molar-refractivity contribution < 1.29 is 26.3 Å². The van der Waals surface area contributed by atoms with Crippen molar-refractivity contribution in [2.75, 3.05) is 23.7 Å². The Bertz CT molecular complexity index is 1110. The first kappa shape index (κ1) is 25.4. The fraction of sp³-hybridized carbons (Fsp3) is 0.222. The standard InChI is InChI=1S/C18H14F6N6.2ClH/c19-17(20,21)9-3-1-5-11-13(9)15(29-27-11)25-7-8-26-16-14-10(18(22,23)24)4-2-6-12(14)28-30-16;;/h1-6H,7-8H2,(H2,25,27,29)(H2,26,28,30);2*1H. The van der Waals surface area contributed by atoms with E-state index in [1.165, 1.54) is 24.3 Å². The number of halogens is 8. The largest absolute Gasteiger partial charge is 0.417 e. The molecular weight excluding hydrogens is 485 g/mol. The molecule has 0 aliphatic carbocycles. The molecule has 4 rings (SSSR count). The molecule has 4 N–H and O–H groups in total. The SMILES string of the molecule is Cl.Cl.FC(F)(F)c1cccc2[nH]nc(NCCNc3n[nH]c4cccc(C(F)(F)F)c34)c12. The predicted octanol–water partition coefficient (Wildman–Crippen LogP) is 5.84. The Labute approximate surface area is 189 Å². The first-order valence-corrected chi connectivity index (χ1v) is 8.72. The summed E-state index contributed by atoms with van der Waals surface area (Å²) in [6, 6.07) is 7.39. The van der Waals surface area contributed by atoms with Crippen LogP contribution in [0.4, 0.5) is 38.0 Å². The quantitative estimate of drug-likeness (QED) is 0.205. The fourth-order valence-electron chi connectivity index (χ4n) is 3.24. The molecule has 0 fully saturated rings. The van der Waals surface area contributed by atoms with E-state index in [9.17, 15) is 26.3 Å². The molecule has 0 amide bonds. The lowest BCUT2D eigenvalue weighted by Gasteiger charge is -2.11. The van der Waals surface area contributed by atoms with Gasteiger partial charge in [0, 0.05) is 13.1 Å². The number of fused-ring (bicyclic) bond motifs is 2. The van der Waals surface area contributed by atoms with E-state index in [-0.39, 0.29) is 71.3 Å². The highest BCUT2D eigenvalue weighted by Crippen LogP contribution is 2.38. The second-order valence-corrected chi connectivity index (χ2v) is 6.45. The second-order valence-electron chi connectivity index (χ2n) is 6.45. The van der Waals surface area contributed by atoms with Crippen molar-refractivity contribution >= 4 is 58.3 Å². The Morgan fingerprint density at radius 2 is 1.03 bits per heavy atom. The summed E-state index contributed by atoms with van der Waals surface area (Å²) in [6.45, 7) is 0.184. The van der Waals surface area contributed by atoms with Gasteiger partial charge in [0.15, 0.2) is 11.6 Å². The van der Waals surface area contributed by atoms with E-state index in [1.807, 2.05) is 0 Å². The molecule has 0 spiro atoms. The number of aromatic nitrogens is 4. The van der Waals surface area contributed by atoms with Crippen molar-refractivity contribution in [2.24, 2.45) is 0 Å². The number of anilines is 2. The third-order valence-corrected chi connectivity index (χ3v) is 4.50. The van der Waals surface area contributed by atoms with Crippen LogP contribution in [0.15, 0.2) is 36.4 Å². The van der Waals surface area contributed by atoms with Crippen molar-refractivity contribution in [3.63, 3.8) is 0 Å². The highest BCUT2D eigenvalue weighted by Gasteiger charge is 2.35. The van der Waals surface area contributed by atoms with E-state index in [0.29, 0.717) is 0 Å². The van der Waals surface area contributed by atoms with Crippen LogP contribution in [0, 0.1) is 0 Å². The van der Waals surface area contributed by atoms with Gasteiger partial charge < -0.3 is 10.6 Å². The average Bonchev–Trinajstić information content (AvgIpc) is 3.27. The Kier molecular flexibility index (Phi) is 7.40. The first-order valence-electron chi connectivity index (χ1n) is 8.72. The van der Waals surface area contributed by atoms with Crippen LogP contribution in [-0.2, 0) is 12.4 Å². The number of H-pyrrole nitrogens is 2. The molecule has 2 aromatic heterocycles. The molecule has 0 saturated heterocycles. The predicted molar refractivity (Wildman–Crippen MR) is 114 cm³/mol. The van der Waals surface area contributed by atoms with Gasteiger partial charge in [-0.05, 0) is 24.3 Å². The zero-order chi connectivity index (χ0) is 21.5. The number of alkyl halides is 6. The topological polar surface area (TPSA) is 81.4 Å². The van der Waals surface area contributed by atoms with Crippen LogP contribution in [0.5, 0.6) is 0 Å². The maximum absolute atomic E-state index is 13.2. The van der Waals surface area contributed by atoms with Crippen LogP contribution in [0.3, 0.4) is 0 Å². The van der Waals surface area contributed by atoms with Crippen LogP contribution in [0.1, 0.15) is 11.1 Å². The summed E-state index contributed by atoms with van der Waals surface area (Å²) in [7, 11) is 0. The van der Waals surface area contributed by atoms with Gasteiger partial charge >= 0.3 is 12.4 Å². The van der Waals surface area contributed by atoms with E-state index in [0.717, 1.165) is 12.1 Å². The molecule has 4 aromatic rings. The second kappa shape index (κ2) is 9.33. The zero-order valence-electron chi connectivity index (χ0n) is 15.9. The minimum Gasteiger partial charge on any atom is -0.366 e. The molecule has 0 atom stereocenters. The number of hydrogen-bond donors (Lipinski definition) is 4. The van der Waals surface area contributed by atoms with Crippen molar-refractivity contribution in [1.82, 2.24) is 20.4 Å². The number of rotatable bonds is 5. The summed E-state index contributed by atoms with van der Waals surface area (Å²) in [6.07, 6.45) is -9.11. The monoisotopic (exact) mass is 500 g/mol. The minimum absolute atomic E-state index is 0. The Morgan fingerprint density at radius 3 is 1.38 bits per heavy atom. The lowest BCUT2D eigenvalue weighted by Crippen LogP contribution is -2.15. The van der Waals surface area contributed by atoms with E-state index >= 15 is 0 Å². The van der Waals surface area contributed by atoms with Gasteiger partial charge in [0.25, 0.3) is 0 Å². The van der Waals surface area contributed by atoms with Crippen LogP contribution in [-0.4, -0.2) is 33.5 Å². The molecule has 2 aromatic carbocycles. The van der Waals surface area contributed by atoms with E-state index in [4.69, 9.17) is 0 Å². The van der Waals surface area contributed by atoms with Gasteiger partial charge in [0.05, 0.1) is 32.9 Å². The first-order chi connectivity index (χ1) is 14.2. The summed E-state index contributed by atoms with van der Waals surface area (Å²) in [5.74, 6) is 0.00480. The number of benzene rings is 2. The van der Waals surface area contributed by atoms with E-state index in [2.05, 4.69) is 31.0 Å². The number of aromatic amines is 2. The Balaban J connectivity index is 0.00000181. The molecule has 0 aliphatic heterocycles. The van der Waals surface area contributed by atoms with Crippen molar-refractivity contribution in [1.29, 1.82) is 0 Å². The third-order valence-electron chi connectivity index (χ3n) is 4.50. The van der Waals surface area contributed by atoms with Crippen LogP contribution in [0.2, 0.25) is 0 Å². The fourth-order valence-corrected chi connectivity index (χ4v) is 3.24. The molecule has 0 saturated carbocycles. The lowest BCUT2D eigenvalue weighted by atomic mass is 10.1. The average molecular weight is 501 g/mol. The molecule has 0 aliphatic rings. The summed E-state index contributed by atoms with van der Waals surface area (Å²) >= 11 is 0. The molecule has 32 heavy (non-hydrogen) atoms. The third kappa shape index (κ3) is 4.80. The molecule has 0 radical (unpaired) electrons. The normalized spacial score (nSPS) is 11.8. The molecule has 2 heterocycles. The van der Waals surface area contributed by atoms with Gasteiger partial charge in [-0.15, -0.1) is 24.8 Å². The molecule has 0 bridgehead atoms. The summed E-state index contributed by atoms with van der Waals surface area (Å²) in [5.41, 5.74) is -1.24. The lowest BCUT2D eigenvalue weighted by molar-refractivity contribution is -0.137. The maximum Gasteiger partial charge on any atom is 0.417 e. The summed E-state index contributed by atoms with van der Waals surface area (Å²) in [5, 5.41) is 18.1. The smallest absolute Gasteiger partial charge is 0.366 e. The Morgan fingerprint density at radius 1 is 0.656 bits per heavy atom. The number of hydrogen-bond acceptors (Lipinski definition) is 4. The molecule has 6 nitrogen and oxygen atoms in total. The summed E-state index contributed by atoms with van der Waals surface area (Å²) < 4.78 is 79.5. The van der Waals surface area contributed by atoms with Gasteiger partial charge in [0.1, 0.15) is 0 Å². The molecular formula is C18H16Cl2F6N6. The van der Waals surface area contributed by atoms with Gasteiger partial charge in [-0.2, -0.15) is 36.5 Å². The van der Waals surface area contributed by atoms with Crippen molar-refractivity contribution in [3.05, 3.63) is 47.5 Å². The minimum atomic E-state index is -4.56. The Hall–Kier alpha value is -2.86. The highest BCUT2D eigenvalue weighted by atomic mass is 35.5. The van der Waals surface area contributed by atoms with Crippen LogP contribution >= 0.6 is 24.8 Å². The number of nitrogens with zero attached hydrogens (tertiary/aromatic N) is 2. The van der Waals surface area contributed by atoms with Gasteiger partial charge in [-0.25, -0.2) is 0 Å². The van der Waals surface area contributed by atoms with Crippen molar-refractivity contribution in [3.8, 4) is 0 Å². The molecule has 14 heteroatoms. The van der Waals surface area contributed by atoms with Gasteiger partial charge in [-0.3, -0.25) is 10.2 Å². The van der Waals surface area contributed by atoms with Gasteiger partial charge in [-0.1, -0.05) is 12.1 Å². The molecule has 0 unspecified atom stereocenters. The summed E-state index contributed by atoms with van der Waals surface area (Å²) in [4.78, 5) is 0. The maximum atomic E-state index is 13.2.